The van der Waals surface area contributed by atoms with E-state index < -0.39 is 0 Å². The summed E-state index contributed by atoms with van der Waals surface area (Å²) < 4.78 is 5.42. The second-order valence-electron chi connectivity index (χ2n) is 3.61. The Bertz CT molecular complexity index is 160. The van der Waals surface area contributed by atoms with Gasteiger partial charge >= 0.3 is 0 Å². The van der Waals surface area contributed by atoms with Crippen LogP contribution in [-0.4, -0.2) is 13.2 Å². The van der Waals surface area contributed by atoms with Crippen LogP contribution < -0.4 is 0 Å². The van der Waals surface area contributed by atoms with Crippen LogP contribution >= 0.6 is 0 Å². The highest BCUT2D eigenvalue weighted by Gasteiger charge is 2.19. The maximum Gasteiger partial charge on any atom is 0.0650 e. The average Bonchev–Trinajstić information content (AvgIpc) is 2.28. The van der Waals surface area contributed by atoms with Gasteiger partial charge in [0.05, 0.1) is 13.2 Å². The standard InChI is InChI=1S/C10H16O/c1-2-4-9-6-7-11-8-10(9)5-3-1/h6,10H,1-5,7-8H2. The summed E-state index contributed by atoms with van der Waals surface area (Å²) in [5.74, 6) is 0.784. The van der Waals surface area contributed by atoms with E-state index in [1.54, 1.807) is 5.57 Å². The highest BCUT2D eigenvalue weighted by Crippen LogP contribution is 2.30. The molecule has 11 heavy (non-hydrogen) atoms. The molecule has 1 nitrogen and oxygen atoms in total. The zero-order chi connectivity index (χ0) is 7.52. The van der Waals surface area contributed by atoms with Gasteiger partial charge in [0.2, 0.25) is 0 Å². The molecule has 2 aliphatic rings. The number of hydrogen-bond donors (Lipinski definition) is 0. The van der Waals surface area contributed by atoms with Gasteiger partial charge in [-0.25, -0.2) is 0 Å². The van der Waals surface area contributed by atoms with E-state index in [-0.39, 0.29) is 0 Å². The van der Waals surface area contributed by atoms with Crippen LogP contribution in [-0.2, 0) is 4.74 Å². The molecule has 0 spiro atoms. The van der Waals surface area contributed by atoms with Crippen molar-refractivity contribution in [2.24, 2.45) is 5.92 Å². The van der Waals surface area contributed by atoms with Crippen LogP contribution in [0.4, 0.5) is 0 Å². The van der Waals surface area contributed by atoms with Crippen LogP contribution in [0.25, 0.3) is 0 Å². The van der Waals surface area contributed by atoms with E-state index in [0.717, 1.165) is 19.1 Å². The minimum Gasteiger partial charge on any atom is -0.377 e. The Morgan fingerprint density at radius 2 is 2.27 bits per heavy atom. The quantitative estimate of drug-likeness (QED) is 0.485. The van der Waals surface area contributed by atoms with Crippen molar-refractivity contribution < 1.29 is 4.74 Å². The molecule has 1 heteroatoms. The molecule has 1 heterocycles. The van der Waals surface area contributed by atoms with Gasteiger partial charge in [-0.3, -0.25) is 0 Å². The van der Waals surface area contributed by atoms with Gasteiger partial charge in [0.1, 0.15) is 0 Å². The lowest BCUT2D eigenvalue weighted by molar-refractivity contribution is 0.116. The molecular weight excluding hydrogens is 136 g/mol. The Labute approximate surface area is 68.4 Å². The predicted molar refractivity (Wildman–Crippen MR) is 45.5 cm³/mol. The average molecular weight is 152 g/mol. The summed E-state index contributed by atoms with van der Waals surface area (Å²) in [4.78, 5) is 0. The lowest BCUT2D eigenvalue weighted by Crippen LogP contribution is -2.16. The molecule has 0 saturated heterocycles. The molecule has 2 rings (SSSR count). The Hall–Kier alpha value is -0.300. The Kier molecular flexibility index (Phi) is 2.27. The molecule has 62 valence electrons. The highest BCUT2D eigenvalue weighted by atomic mass is 16.5. The third kappa shape index (κ3) is 1.64. The molecule has 1 aliphatic heterocycles. The summed E-state index contributed by atoms with van der Waals surface area (Å²) in [7, 11) is 0. The maximum atomic E-state index is 5.42. The summed E-state index contributed by atoms with van der Waals surface area (Å²) in [5, 5.41) is 0. The van der Waals surface area contributed by atoms with Crippen molar-refractivity contribution in [3.8, 4) is 0 Å². The molecule has 1 atom stereocenters. The van der Waals surface area contributed by atoms with Crippen LogP contribution in [0.15, 0.2) is 11.6 Å². The van der Waals surface area contributed by atoms with Crippen LogP contribution in [0.2, 0.25) is 0 Å². The van der Waals surface area contributed by atoms with Crippen LogP contribution in [0, 0.1) is 5.92 Å². The summed E-state index contributed by atoms with van der Waals surface area (Å²) in [6, 6.07) is 0. The largest absolute Gasteiger partial charge is 0.377 e. The van der Waals surface area contributed by atoms with Gasteiger partial charge in [-0.15, -0.1) is 0 Å². The van der Waals surface area contributed by atoms with E-state index in [2.05, 4.69) is 6.08 Å². The van der Waals surface area contributed by atoms with Gasteiger partial charge in [0, 0.05) is 5.92 Å². The number of rotatable bonds is 0. The minimum atomic E-state index is 0.784. The minimum absolute atomic E-state index is 0.784. The molecule has 1 aliphatic carbocycles. The Balaban J connectivity index is 2.07. The first-order valence-corrected chi connectivity index (χ1v) is 4.73. The summed E-state index contributed by atoms with van der Waals surface area (Å²) in [5.41, 5.74) is 1.69. The normalized spacial score (nSPS) is 32.0. The van der Waals surface area contributed by atoms with Gasteiger partial charge in [-0.1, -0.05) is 24.5 Å². The predicted octanol–water partition coefficient (Wildman–Crippen LogP) is 2.52. The van der Waals surface area contributed by atoms with Crippen molar-refractivity contribution in [3.05, 3.63) is 11.6 Å². The van der Waals surface area contributed by atoms with E-state index in [1.165, 1.54) is 32.1 Å². The fraction of sp³-hybridized carbons (Fsp3) is 0.800. The lowest BCUT2D eigenvalue weighted by atomic mass is 9.93. The summed E-state index contributed by atoms with van der Waals surface area (Å²) in [6.07, 6.45) is 9.25. The summed E-state index contributed by atoms with van der Waals surface area (Å²) >= 11 is 0. The van der Waals surface area contributed by atoms with Gasteiger partial charge in [0.15, 0.2) is 0 Å². The van der Waals surface area contributed by atoms with Crippen molar-refractivity contribution in [2.75, 3.05) is 13.2 Å². The Morgan fingerprint density at radius 1 is 1.27 bits per heavy atom. The van der Waals surface area contributed by atoms with E-state index in [0.29, 0.717) is 0 Å². The topological polar surface area (TPSA) is 9.23 Å². The van der Waals surface area contributed by atoms with E-state index >= 15 is 0 Å². The molecule has 0 bridgehead atoms. The fourth-order valence-electron chi connectivity index (χ4n) is 2.12. The fourth-order valence-corrected chi connectivity index (χ4v) is 2.12. The second-order valence-corrected chi connectivity index (χ2v) is 3.61. The van der Waals surface area contributed by atoms with E-state index in [1.807, 2.05) is 0 Å². The first kappa shape index (κ1) is 7.35. The van der Waals surface area contributed by atoms with Crippen LogP contribution in [0.5, 0.6) is 0 Å². The maximum absolute atomic E-state index is 5.42. The molecule has 1 fully saturated rings. The molecule has 0 aromatic carbocycles. The van der Waals surface area contributed by atoms with Crippen molar-refractivity contribution >= 4 is 0 Å². The first-order valence-electron chi connectivity index (χ1n) is 4.73. The molecular formula is C10H16O. The third-order valence-electron chi connectivity index (χ3n) is 2.82. The van der Waals surface area contributed by atoms with Crippen molar-refractivity contribution in [1.29, 1.82) is 0 Å². The van der Waals surface area contributed by atoms with E-state index in [4.69, 9.17) is 4.74 Å². The van der Waals surface area contributed by atoms with Gasteiger partial charge < -0.3 is 4.74 Å². The molecule has 0 N–H and O–H groups in total. The molecule has 1 unspecified atom stereocenters. The zero-order valence-electron chi connectivity index (χ0n) is 7.01. The van der Waals surface area contributed by atoms with Gasteiger partial charge in [-0.05, 0) is 19.3 Å². The molecule has 0 radical (unpaired) electrons. The van der Waals surface area contributed by atoms with E-state index in [9.17, 15) is 0 Å². The van der Waals surface area contributed by atoms with Crippen molar-refractivity contribution in [2.45, 2.75) is 32.1 Å². The highest BCUT2D eigenvalue weighted by molar-refractivity contribution is 5.10. The number of fused-ring (bicyclic) bond motifs is 1. The molecule has 0 amide bonds. The second kappa shape index (κ2) is 3.40. The zero-order valence-corrected chi connectivity index (χ0v) is 7.01. The lowest BCUT2D eigenvalue weighted by Gasteiger charge is -2.22. The molecule has 0 aromatic rings. The SMILES string of the molecule is C1=C2CCCCCC2COC1. The molecule has 0 aromatic heterocycles. The Morgan fingerprint density at radius 3 is 3.27 bits per heavy atom. The van der Waals surface area contributed by atoms with Crippen molar-refractivity contribution in [1.82, 2.24) is 0 Å². The van der Waals surface area contributed by atoms with Crippen LogP contribution in [0.3, 0.4) is 0 Å². The first-order chi connectivity index (χ1) is 5.47. The van der Waals surface area contributed by atoms with Gasteiger partial charge in [0.25, 0.3) is 0 Å². The van der Waals surface area contributed by atoms with Crippen LogP contribution in [0.1, 0.15) is 32.1 Å². The summed E-state index contributed by atoms with van der Waals surface area (Å²) in [6.45, 7) is 1.86. The van der Waals surface area contributed by atoms with Gasteiger partial charge in [-0.2, -0.15) is 0 Å². The third-order valence-corrected chi connectivity index (χ3v) is 2.82. The molecule has 1 saturated carbocycles. The number of hydrogen-bond acceptors (Lipinski definition) is 1. The monoisotopic (exact) mass is 152 g/mol. The number of ether oxygens (including phenoxy) is 1. The smallest absolute Gasteiger partial charge is 0.0650 e. The van der Waals surface area contributed by atoms with Crippen molar-refractivity contribution in [3.63, 3.8) is 0 Å².